The monoisotopic (exact) mass is 1910 g/mol. The molecular weight excluding hydrogens is 1800 g/mol. The van der Waals surface area contributed by atoms with Crippen LogP contribution in [0.5, 0.6) is 0 Å². The predicted molar refractivity (Wildman–Crippen MR) is 630 cm³/mol. The van der Waals surface area contributed by atoms with Crippen LogP contribution in [0.2, 0.25) is 0 Å². The number of nitrogen functional groups attached to an aromatic ring is 20. The molecule has 720 valence electrons. The van der Waals surface area contributed by atoms with Gasteiger partial charge in [0.15, 0.2) is 5.78 Å². The highest BCUT2D eigenvalue weighted by atomic mass is 16.1. The summed E-state index contributed by atoms with van der Waals surface area (Å²) in [5.74, 6) is 0.0357. The van der Waals surface area contributed by atoms with Crippen LogP contribution >= 0.6 is 0 Å². The summed E-state index contributed by atoms with van der Waals surface area (Å²) in [7, 11) is 0. The molecule has 0 heterocycles. The standard InChI is InChI=1S/C18H16N2.2C16H12N2.C14H12N2O.C14H12N2.C13H12N2.C12H12N2.C10H10N2.2C6H8N2/c19-17-9-5-15(6-10-17)13-1-2-14(4-3-13)16-7-11-18(20)12-8-16;17-13-8-4-10-2-6-12-14(18)7-3-9-1-5-11(13)16(10)15(9)12;17-13-7-3-9-1-2-10-4-8-14(18)12-6-5-11(13)15(9)16(10)12;15-10-3-4-12-9(6-10)5-8-1-2-11(16)7-13(8)14(12)17;15-13-3-1-9-5-12-8-14(16)4-2-10(12)6-11(9)7-13;14-10-1-3-12-8(6-10)5-9-7-11(15)2-4-13(9)12;13-11-5-1-9(2-6-11)10-3-7-12(14)8-4-10;11-9-3-1-7-5-10(12)4-2-8(7)6-9;7-5-1-2-6(8)4-3-5;7-5-2-1-3-6(8)4-5/h1-12H,19-20H2;2*1-8H,17-18H2;1-4,6-7H,5,15-16H2;1-8H,15-16H2;1-4,6-7H,5,14-15H2;1-8H,13-14H2;1-6H,11-12H2;2*1-4H,7-8H2. The van der Waals surface area contributed by atoms with Gasteiger partial charge >= 0.3 is 0 Å². The lowest BCUT2D eigenvalue weighted by atomic mass is 9.84. The molecule has 2 aliphatic rings. The Morgan fingerprint density at radius 1 is 0.137 bits per heavy atom. The Morgan fingerprint density at radius 3 is 0.651 bits per heavy atom. The van der Waals surface area contributed by atoms with E-state index in [1.807, 2.05) is 243 Å². The minimum atomic E-state index is 0.0357. The number of nitrogens with two attached hydrogens (primary N) is 20. The summed E-state index contributed by atoms with van der Waals surface area (Å²) in [5.41, 5.74) is 145. The fraction of sp³-hybridized carbons (Fsp3) is 0.0160. The van der Waals surface area contributed by atoms with Crippen LogP contribution in [-0.2, 0) is 12.8 Å². The molecule has 0 unspecified atom stereocenters. The van der Waals surface area contributed by atoms with E-state index in [0.29, 0.717) is 28.3 Å². The quantitative estimate of drug-likeness (QED) is 0.0444. The maximum Gasteiger partial charge on any atom is 0.193 e. The first-order chi connectivity index (χ1) is 70.4. The second-order valence-electron chi connectivity index (χ2n) is 36.1. The van der Waals surface area contributed by atoms with Crippen molar-refractivity contribution in [2.24, 2.45) is 0 Å². The molecule has 0 atom stereocenters. The van der Waals surface area contributed by atoms with Gasteiger partial charge in [-0.15, -0.1) is 0 Å². The third-order valence-corrected chi connectivity index (χ3v) is 25.6. The minimum absolute atomic E-state index is 0.0357. The average Bonchev–Trinajstić information content (AvgIpc) is 0.856. The van der Waals surface area contributed by atoms with Crippen molar-refractivity contribution < 1.29 is 4.79 Å². The van der Waals surface area contributed by atoms with Crippen molar-refractivity contribution >= 4 is 216 Å². The summed E-state index contributed by atoms with van der Waals surface area (Å²) in [5, 5.41) is 21.1. The molecule has 0 spiro atoms. The van der Waals surface area contributed by atoms with Gasteiger partial charge in [0, 0.05) is 146 Å². The van der Waals surface area contributed by atoms with E-state index in [0.717, 1.165) is 175 Å². The van der Waals surface area contributed by atoms with E-state index in [4.69, 9.17) is 115 Å². The highest BCUT2D eigenvalue weighted by molar-refractivity contribution is 6.28. The van der Waals surface area contributed by atoms with Crippen LogP contribution in [-0.4, -0.2) is 5.78 Å². The second kappa shape index (κ2) is 43.1. The number of hydrogen-bond acceptors (Lipinski definition) is 21. The molecule has 40 N–H and O–H groups in total. The van der Waals surface area contributed by atoms with Crippen molar-refractivity contribution in [3.8, 4) is 44.5 Å². The molecule has 24 aromatic carbocycles. The molecule has 0 fully saturated rings. The molecule has 21 nitrogen and oxygen atoms in total. The third kappa shape index (κ3) is 22.9. The van der Waals surface area contributed by atoms with Gasteiger partial charge in [0.1, 0.15) is 0 Å². The lowest BCUT2D eigenvalue weighted by Gasteiger charge is -2.19. The van der Waals surface area contributed by atoms with E-state index >= 15 is 0 Å². The Hall–Kier alpha value is -20.2. The van der Waals surface area contributed by atoms with Crippen molar-refractivity contribution in [1.29, 1.82) is 0 Å². The Balaban J connectivity index is 0.000000112. The molecule has 146 heavy (non-hydrogen) atoms. The van der Waals surface area contributed by atoms with Crippen LogP contribution in [0.1, 0.15) is 38.2 Å². The molecule has 0 aliphatic heterocycles. The number of rotatable bonds is 3. The molecule has 0 saturated heterocycles. The summed E-state index contributed by atoms with van der Waals surface area (Å²) >= 11 is 0. The fourth-order valence-corrected chi connectivity index (χ4v) is 18.2. The van der Waals surface area contributed by atoms with Crippen molar-refractivity contribution in [1.82, 2.24) is 0 Å². The van der Waals surface area contributed by atoms with Gasteiger partial charge < -0.3 is 115 Å². The van der Waals surface area contributed by atoms with E-state index < -0.39 is 0 Å². The van der Waals surface area contributed by atoms with Gasteiger partial charge in [-0.1, -0.05) is 194 Å². The van der Waals surface area contributed by atoms with Gasteiger partial charge in [0.2, 0.25) is 0 Å². The van der Waals surface area contributed by atoms with Gasteiger partial charge in [0.05, 0.1) is 0 Å². The molecule has 2 aliphatic carbocycles. The summed E-state index contributed by atoms with van der Waals surface area (Å²) in [4.78, 5) is 12.3. The van der Waals surface area contributed by atoms with Gasteiger partial charge in [-0.25, -0.2) is 0 Å². The van der Waals surface area contributed by atoms with Gasteiger partial charge in [-0.05, 0) is 386 Å². The number of hydrogen-bond donors (Lipinski definition) is 20. The molecule has 21 heteroatoms. The second-order valence-corrected chi connectivity index (χ2v) is 36.1. The third-order valence-electron chi connectivity index (χ3n) is 25.6. The van der Waals surface area contributed by atoms with E-state index in [1.165, 1.54) is 98.4 Å². The Labute approximate surface area is 845 Å². The first-order valence-electron chi connectivity index (χ1n) is 47.2. The predicted octanol–water partition coefficient (Wildman–Crippen LogP) is 25.5. The van der Waals surface area contributed by atoms with Crippen LogP contribution in [0.4, 0.5) is 114 Å². The van der Waals surface area contributed by atoms with Crippen molar-refractivity contribution in [2.45, 2.75) is 12.8 Å². The summed E-state index contributed by atoms with van der Waals surface area (Å²) in [6.45, 7) is 0. The summed E-state index contributed by atoms with van der Waals surface area (Å²) < 4.78 is 0. The topological polar surface area (TPSA) is 537 Å². The van der Waals surface area contributed by atoms with Crippen LogP contribution in [0.15, 0.2) is 425 Å². The van der Waals surface area contributed by atoms with Crippen molar-refractivity contribution in [3.63, 3.8) is 0 Å². The van der Waals surface area contributed by atoms with Crippen molar-refractivity contribution in [2.75, 3.05) is 115 Å². The maximum atomic E-state index is 12.3. The Morgan fingerprint density at radius 2 is 0.342 bits per heavy atom. The Kier molecular flexibility index (Phi) is 28.7. The van der Waals surface area contributed by atoms with E-state index in [2.05, 4.69) is 121 Å². The minimum Gasteiger partial charge on any atom is -0.399 e. The molecule has 0 radical (unpaired) electrons. The molecule has 0 amide bonds. The lowest BCUT2D eigenvalue weighted by molar-refractivity contribution is 0.103. The zero-order valence-corrected chi connectivity index (χ0v) is 80.3. The van der Waals surface area contributed by atoms with E-state index in [1.54, 1.807) is 60.7 Å². The number of fused-ring (bicyclic) bond motifs is 8. The zero-order chi connectivity index (χ0) is 103. The number of anilines is 20. The van der Waals surface area contributed by atoms with Gasteiger partial charge in [-0.3, -0.25) is 4.79 Å². The number of carbonyl (C=O) groups is 1. The smallest absolute Gasteiger partial charge is 0.193 e. The van der Waals surface area contributed by atoms with Crippen LogP contribution in [0.25, 0.3) is 141 Å². The SMILES string of the molecule is Nc1ccc(-c2ccc(-c3ccc(N)cc3)cc2)cc1.Nc1ccc(-c2ccc(N)cc2)cc1.Nc1ccc(N)cc1.Nc1ccc2c(c1)Cc1cc(N)ccc1-2.Nc1ccc2c(c1)Cc1ccc(N)cc1C2=O.Nc1ccc2cc(N)ccc2c1.Nc1ccc2cc3cc(N)ccc3cc2c1.Nc1ccc2ccc3c(N)ccc4ccc1c2c43.Nc1ccc2ccc3ccc(N)c4ccc1c2c34.Nc1cccc(N)c1. The first-order valence-corrected chi connectivity index (χ1v) is 47.2. The van der Waals surface area contributed by atoms with Gasteiger partial charge in [0.25, 0.3) is 0 Å². The Bertz CT molecular complexity index is 8310. The van der Waals surface area contributed by atoms with Crippen LogP contribution in [0.3, 0.4) is 0 Å². The summed E-state index contributed by atoms with van der Waals surface area (Å²) in [6, 6.07) is 138. The van der Waals surface area contributed by atoms with E-state index in [-0.39, 0.29) is 5.78 Å². The number of ketones is 1. The zero-order valence-electron chi connectivity index (χ0n) is 80.3. The number of benzene rings is 24. The average molecular weight is 1910 g/mol. The molecule has 0 bridgehead atoms. The fourth-order valence-electron chi connectivity index (χ4n) is 18.2. The van der Waals surface area contributed by atoms with Gasteiger partial charge in [-0.2, -0.15) is 0 Å². The van der Waals surface area contributed by atoms with Crippen LogP contribution in [0, 0.1) is 0 Å². The molecular formula is C125H114N20O. The highest BCUT2D eigenvalue weighted by Gasteiger charge is 2.24. The number of carbonyl (C=O) groups excluding carboxylic acids is 1. The largest absolute Gasteiger partial charge is 0.399 e. The molecule has 24 aromatic rings. The normalized spacial score (nSPS) is 11.1. The van der Waals surface area contributed by atoms with Crippen LogP contribution < -0.4 is 115 Å². The molecule has 0 saturated carbocycles. The van der Waals surface area contributed by atoms with Crippen molar-refractivity contribution in [3.05, 3.63) is 458 Å². The maximum absolute atomic E-state index is 12.3. The highest BCUT2D eigenvalue weighted by Crippen LogP contribution is 2.43. The summed E-state index contributed by atoms with van der Waals surface area (Å²) in [6.07, 6.45) is 1.68. The molecule has 26 rings (SSSR count). The lowest BCUT2D eigenvalue weighted by Crippen LogP contribution is -2.15. The molecule has 0 aromatic heterocycles. The first kappa shape index (κ1) is 97.5. The van der Waals surface area contributed by atoms with E-state index in [9.17, 15) is 4.79 Å².